The number of nitrogens with one attached hydrogen (secondary N) is 1. The number of carboxylic acid groups (broad SMARTS) is 1. The van der Waals surface area contributed by atoms with Crippen molar-refractivity contribution in [1.82, 2.24) is 0 Å². The lowest BCUT2D eigenvalue weighted by atomic mass is 10.0. The number of carbonyl (C=O) groups excluding carboxylic acids is 1. The van der Waals surface area contributed by atoms with E-state index in [4.69, 9.17) is 5.11 Å². The van der Waals surface area contributed by atoms with Crippen LogP contribution in [0.4, 0.5) is 5.69 Å². The van der Waals surface area contributed by atoms with E-state index in [-0.39, 0.29) is 11.3 Å². The van der Waals surface area contributed by atoms with Gasteiger partial charge in [0, 0.05) is 5.56 Å². The molecule has 0 saturated heterocycles. The fourth-order valence-corrected chi connectivity index (χ4v) is 1.76. The van der Waals surface area contributed by atoms with E-state index in [1.807, 2.05) is 0 Å². The largest absolute Gasteiger partial charge is 0.474 e. The highest BCUT2D eigenvalue weighted by Gasteiger charge is 2.17. The minimum Gasteiger partial charge on any atom is -0.474 e. The number of rotatable bonds is 2. The molecule has 0 fully saturated rings. The SMILES string of the molecule is O=C(O)C(=O)Nc1cc2ccccc2cc1C(O)O. The zero-order valence-corrected chi connectivity index (χ0v) is 9.70. The number of carbonyl (C=O) groups is 2. The molecule has 0 atom stereocenters. The van der Waals surface area contributed by atoms with Gasteiger partial charge < -0.3 is 20.6 Å². The lowest BCUT2D eigenvalue weighted by Crippen LogP contribution is -2.23. The van der Waals surface area contributed by atoms with Crippen LogP contribution < -0.4 is 5.32 Å². The molecule has 6 heteroatoms. The van der Waals surface area contributed by atoms with Gasteiger partial charge in [0.05, 0.1) is 5.69 Å². The van der Waals surface area contributed by atoms with Crippen LogP contribution in [0.1, 0.15) is 11.9 Å². The van der Waals surface area contributed by atoms with E-state index in [1.54, 1.807) is 24.3 Å². The minimum atomic E-state index is -1.81. The second-order valence-electron chi connectivity index (χ2n) is 3.92. The van der Waals surface area contributed by atoms with Crippen LogP contribution in [0.2, 0.25) is 0 Å². The number of fused-ring (bicyclic) bond motifs is 1. The zero-order chi connectivity index (χ0) is 14.0. The first kappa shape index (κ1) is 13.0. The van der Waals surface area contributed by atoms with E-state index < -0.39 is 18.2 Å². The Morgan fingerprint density at radius 3 is 2.16 bits per heavy atom. The average molecular weight is 261 g/mol. The molecule has 0 saturated carbocycles. The van der Waals surface area contributed by atoms with Crippen LogP contribution >= 0.6 is 0 Å². The van der Waals surface area contributed by atoms with Gasteiger partial charge in [0.25, 0.3) is 0 Å². The summed E-state index contributed by atoms with van der Waals surface area (Å²) in [5.74, 6) is -2.89. The third-order valence-corrected chi connectivity index (χ3v) is 2.64. The van der Waals surface area contributed by atoms with Gasteiger partial charge in [0.15, 0.2) is 6.29 Å². The Balaban J connectivity index is 2.53. The third kappa shape index (κ3) is 2.70. The molecule has 1 amide bonds. The van der Waals surface area contributed by atoms with E-state index in [0.717, 1.165) is 10.8 Å². The highest BCUT2D eigenvalue weighted by molar-refractivity contribution is 6.36. The highest BCUT2D eigenvalue weighted by atomic mass is 16.5. The minimum absolute atomic E-state index is 0.0355. The molecular formula is C13H11NO5. The van der Waals surface area contributed by atoms with Crippen LogP contribution in [-0.4, -0.2) is 27.2 Å². The molecule has 0 bridgehead atoms. The molecule has 0 aliphatic rings. The van der Waals surface area contributed by atoms with Gasteiger partial charge in [-0.25, -0.2) is 4.79 Å². The van der Waals surface area contributed by atoms with Crippen molar-refractivity contribution < 1.29 is 24.9 Å². The first-order valence-corrected chi connectivity index (χ1v) is 5.42. The molecular weight excluding hydrogens is 250 g/mol. The number of aliphatic hydroxyl groups is 2. The average Bonchev–Trinajstić information content (AvgIpc) is 2.37. The second-order valence-corrected chi connectivity index (χ2v) is 3.92. The normalized spacial score (nSPS) is 10.7. The molecule has 0 aliphatic heterocycles. The van der Waals surface area contributed by atoms with Gasteiger partial charge in [-0.2, -0.15) is 0 Å². The van der Waals surface area contributed by atoms with Crippen LogP contribution in [0.25, 0.3) is 10.8 Å². The smallest absolute Gasteiger partial charge is 0.394 e. The first-order valence-electron chi connectivity index (χ1n) is 5.42. The van der Waals surface area contributed by atoms with Gasteiger partial charge in [0.2, 0.25) is 0 Å². The van der Waals surface area contributed by atoms with Gasteiger partial charge in [-0.15, -0.1) is 0 Å². The monoisotopic (exact) mass is 261 g/mol. The number of hydrogen-bond acceptors (Lipinski definition) is 4. The molecule has 0 unspecified atom stereocenters. The standard InChI is InChI=1S/C13H11NO5/c15-11(13(18)19)14-10-6-8-4-2-1-3-7(8)5-9(10)12(16)17/h1-6,12,16-17H,(H,14,15)(H,18,19). The maximum Gasteiger partial charge on any atom is 0.394 e. The summed E-state index contributed by atoms with van der Waals surface area (Å²) in [6, 6.07) is 10.1. The predicted octanol–water partition coefficient (Wildman–Crippen LogP) is 0.846. The number of benzene rings is 2. The molecule has 0 aromatic heterocycles. The van der Waals surface area contributed by atoms with Crippen LogP contribution in [0.3, 0.4) is 0 Å². The van der Waals surface area contributed by atoms with Crippen molar-refractivity contribution in [3.8, 4) is 0 Å². The van der Waals surface area contributed by atoms with Gasteiger partial charge >= 0.3 is 11.9 Å². The van der Waals surface area contributed by atoms with Gasteiger partial charge in [-0.3, -0.25) is 4.79 Å². The number of anilines is 1. The number of hydrogen-bond donors (Lipinski definition) is 4. The van der Waals surface area contributed by atoms with Gasteiger partial charge in [-0.1, -0.05) is 24.3 Å². The van der Waals surface area contributed by atoms with Crippen LogP contribution in [0.5, 0.6) is 0 Å². The number of aliphatic hydroxyl groups excluding tert-OH is 1. The molecule has 0 heterocycles. The lowest BCUT2D eigenvalue weighted by molar-refractivity contribution is -0.147. The topological polar surface area (TPSA) is 107 Å². The second kappa shape index (κ2) is 5.05. The van der Waals surface area contributed by atoms with Crippen molar-refractivity contribution >= 4 is 28.3 Å². The highest BCUT2D eigenvalue weighted by Crippen LogP contribution is 2.27. The Hall–Kier alpha value is -2.44. The molecule has 2 aromatic rings. The Morgan fingerprint density at radius 2 is 1.63 bits per heavy atom. The molecule has 2 rings (SSSR count). The maximum atomic E-state index is 11.1. The van der Waals surface area contributed by atoms with Crippen LogP contribution in [-0.2, 0) is 9.59 Å². The van der Waals surface area contributed by atoms with Crippen molar-refractivity contribution in [1.29, 1.82) is 0 Å². The lowest BCUT2D eigenvalue weighted by Gasteiger charge is -2.13. The summed E-state index contributed by atoms with van der Waals surface area (Å²) >= 11 is 0. The van der Waals surface area contributed by atoms with E-state index >= 15 is 0 Å². The summed E-state index contributed by atoms with van der Waals surface area (Å²) < 4.78 is 0. The summed E-state index contributed by atoms with van der Waals surface area (Å²) in [4.78, 5) is 21.7. The van der Waals surface area contributed by atoms with Crippen molar-refractivity contribution in [3.63, 3.8) is 0 Å². The van der Waals surface area contributed by atoms with E-state index in [1.165, 1.54) is 12.1 Å². The van der Waals surface area contributed by atoms with Crippen molar-refractivity contribution in [2.75, 3.05) is 5.32 Å². The van der Waals surface area contributed by atoms with Crippen LogP contribution in [0.15, 0.2) is 36.4 Å². The van der Waals surface area contributed by atoms with E-state index in [2.05, 4.69) is 5.32 Å². The zero-order valence-electron chi connectivity index (χ0n) is 9.70. The number of aliphatic carboxylic acids is 1. The van der Waals surface area contributed by atoms with Crippen molar-refractivity contribution in [2.45, 2.75) is 6.29 Å². The summed E-state index contributed by atoms with van der Waals surface area (Å²) in [5, 5.41) is 30.7. The fourth-order valence-electron chi connectivity index (χ4n) is 1.76. The molecule has 4 N–H and O–H groups in total. The van der Waals surface area contributed by atoms with E-state index in [0.29, 0.717) is 0 Å². The van der Waals surface area contributed by atoms with Crippen LogP contribution in [0, 0.1) is 0 Å². The van der Waals surface area contributed by atoms with Crippen molar-refractivity contribution in [2.24, 2.45) is 0 Å². The van der Waals surface area contributed by atoms with E-state index in [9.17, 15) is 19.8 Å². The molecule has 19 heavy (non-hydrogen) atoms. The summed E-state index contributed by atoms with van der Waals surface area (Å²) in [6.07, 6.45) is -1.81. The molecule has 6 nitrogen and oxygen atoms in total. The number of amides is 1. The molecule has 0 spiro atoms. The first-order chi connectivity index (χ1) is 8.99. The Bertz CT molecular complexity index is 651. The van der Waals surface area contributed by atoms with Gasteiger partial charge in [-0.05, 0) is 22.9 Å². The fraction of sp³-hybridized carbons (Fsp3) is 0.0769. The summed E-state index contributed by atoms with van der Waals surface area (Å²) in [7, 11) is 0. The predicted molar refractivity (Wildman–Crippen MR) is 67.4 cm³/mol. The summed E-state index contributed by atoms with van der Waals surface area (Å²) in [5.41, 5.74) is 0.0920. The molecule has 2 aromatic carbocycles. The number of carboxylic acids is 1. The Labute approximate surface area is 107 Å². The van der Waals surface area contributed by atoms with Crippen molar-refractivity contribution in [3.05, 3.63) is 42.0 Å². The Kier molecular flexibility index (Phi) is 3.46. The quantitative estimate of drug-likeness (QED) is 0.473. The Morgan fingerprint density at radius 1 is 1.05 bits per heavy atom. The maximum absolute atomic E-state index is 11.1. The molecule has 0 aliphatic carbocycles. The van der Waals surface area contributed by atoms with Gasteiger partial charge in [0.1, 0.15) is 0 Å². The molecule has 0 radical (unpaired) electrons. The summed E-state index contributed by atoms with van der Waals surface area (Å²) in [6.45, 7) is 0. The molecule has 98 valence electrons. The third-order valence-electron chi connectivity index (χ3n) is 2.64.